The van der Waals surface area contributed by atoms with Crippen molar-refractivity contribution in [2.75, 3.05) is 18.4 Å². The molecule has 5 nitrogen and oxygen atoms in total. The molecule has 27 heavy (non-hydrogen) atoms. The van der Waals surface area contributed by atoms with Gasteiger partial charge in [0.25, 0.3) is 0 Å². The van der Waals surface area contributed by atoms with Crippen LogP contribution >= 0.6 is 0 Å². The minimum atomic E-state index is -3.51. The lowest BCUT2D eigenvalue weighted by Crippen LogP contribution is -2.39. The van der Waals surface area contributed by atoms with Crippen molar-refractivity contribution in [3.05, 3.63) is 59.9 Å². The maximum Gasteiger partial charge on any atom is 0.243 e. The molecule has 1 aliphatic heterocycles. The molecular formula is C20H23FN2O3S. The van der Waals surface area contributed by atoms with E-state index < -0.39 is 10.0 Å². The Hall–Kier alpha value is -2.25. The molecule has 144 valence electrons. The zero-order valence-electron chi connectivity index (χ0n) is 15.2. The average Bonchev–Trinajstić information content (AvgIpc) is 2.64. The van der Waals surface area contributed by atoms with Crippen LogP contribution in [0, 0.1) is 11.7 Å². The van der Waals surface area contributed by atoms with Crippen LogP contribution in [0.3, 0.4) is 0 Å². The zero-order valence-corrected chi connectivity index (χ0v) is 16.0. The van der Waals surface area contributed by atoms with Gasteiger partial charge in [-0.05, 0) is 60.7 Å². The first-order valence-electron chi connectivity index (χ1n) is 8.99. The molecule has 0 aromatic heterocycles. The second-order valence-corrected chi connectivity index (χ2v) is 8.92. The van der Waals surface area contributed by atoms with E-state index in [0.717, 1.165) is 12.8 Å². The lowest BCUT2D eigenvalue weighted by molar-refractivity contribution is -0.115. The summed E-state index contributed by atoms with van der Waals surface area (Å²) in [6.45, 7) is 3.14. The SMILES string of the molecule is C[C@@H]1CCCN(S(=O)(=O)c2ccc(NC(=O)Cc3ccc(F)cc3)cc2)C1. The smallest absolute Gasteiger partial charge is 0.243 e. The monoisotopic (exact) mass is 390 g/mol. The summed E-state index contributed by atoms with van der Waals surface area (Å²) in [6, 6.07) is 11.9. The summed E-state index contributed by atoms with van der Waals surface area (Å²) in [5.74, 6) is -0.236. The van der Waals surface area contributed by atoms with Gasteiger partial charge < -0.3 is 5.32 Å². The van der Waals surface area contributed by atoms with Crippen LogP contribution in [0.2, 0.25) is 0 Å². The Bertz CT molecular complexity index is 896. The van der Waals surface area contributed by atoms with Crippen LogP contribution in [0.1, 0.15) is 25.3 Å². The predicted octanol–water partition coefficient (Wildman–Crippen LogP) is 3.43. The average molecular weight is 390 g/mol. The minimum absolute atomic E-state index is 0.117. The van der Waals surface area contributed by atoms with Gasteiger partial charge in [0.2, 0.25) is 15.9 Å². The summed E-state index contributed by atoms with van der Waals surface area (Å²) < 4.78 is 39.9. The van der Waals surface area contributed by atoms with E-state index in [-0.39, 0.29) is 23.0 Å². The topological polar surface area (TPSA) is 66.5 Å². The lowest BCUT2D eigenvalue weighted by Gasteiger charge is -2.30. The van der Waals surface area contributed by atoms with E-state index in [2.05, 4.69) is 12.2 Å². The molecule has 1 N–H and O–H groups in total. The van der Waals surface area contributed by atoms with Crippen molar-refractivity contribution in [2.24, 2.45) is 5.92 Å². The van der Waals surface area contributed by atoms with Crippen molar-refractivity contribution in [1.29, 1.82) is 0 Å². The molecule has 0 aliphatic carbocycles. The molecule has 1 amide bonds. The fraction of sp³-hybridized carbons (Fsp3) is 0.350. The Morgan fingerprint density at radius 2 is 1.81 bits per heavy atom. The fourth-order valence-electron chi connectivity index (χ4n) is 3.22. The van der Waals surface area contributed by atoms with Crippen LogP contribution in [-0.4, -0.2) is 31.7 Å². The van der Waals surface area contributed by atoms with Gasteiger partial charge in [-0.1, -0.05) is 19.1 Å². The van der Waals surface area contributed by atoms with Crippen molar-refractivity contribution in [1.82, 2.24) is 4.31 Å². The molecule has 1 atom stereocenters. The molecule has 1 saturated heterocycles. The summed E-state index contributed by atoms with van der Waals surface area (Å²) in [5.41, 5.74) is 1.22. The molecule has 2 aromatic rings. The van der Waals surface area contributed by atoms with Gasteiger partial charge in [0.15, 0.2) is 0 Å². The predicted molar refractivity (Wildman–Crippen MR) is 102 cm³/mol. The van der Waals surface area contributed by atoms with E-state index in [4.69, 9.17) is 0 Å². The number of halogens is 1. The third-order valence-corrected chi connectivity index (χ3v) is 6.55. The van der Waals surface area contributed by atoms with Gasteiger partial charge in [-0.25, -0.2) is 12.8 Å². The second-order valence-electron chi connectivity index (χ2n) is 6.99. The molecule has 0 bridgehead atoms. The Labute approximate surface area is 159 Å². The molecular weight excluding hydrogens is 367 g/mol. The first kappa shape index (κ1) is 19.5. The highest BCUT2D eigenvalue weighted by Crippen LogP contribution is 2.24. The summed E-state index contributed by atoms with van der Waals surface area (Å²) in [7, 11) is -3.51. The summed E-state index contributed by atoms with van der Waals surface area (Å²) in [5, 5.41) is 2.73. The maximum absolute atomic E-state index is 12.9. The molecule has 1 heterocycles. The summed E-state index contributed by atoms with van der Waals surface area (Å²) in [4.78, 5) is 12.3. The standard InChI is InChI=1S/C20H23FN2O3S/c1-15-3-2-12-23(14-15)27(25,26)19-10-8-18(9-11-19)22-20(24)13-16-4-6-17(21)7-5-16/h4-11,15H,2-3,12-14H2,1H3,(H,22,24)/t15-/m1/s1. The van der Waals surface area contributed by atoms with Crippen molar-refractivity contribution >= 4 is 21.6 Å². The highest BCUT2D eigenvalue weighted by molar-refractivity contribution is 7.89. The van der Waals surface area contributed by atoms with E-state index in [0.29, 0.717) is 30.3 Å². The number of sulfonamides is 1. The van der Waals surface area contributed by atoms with Gasteiger partial charge in [0, 0.05) is 18.8 Å². The number of carbonyl (C=O) groups excluding carboxylic acids is 1. The van der Waals surface area contributed by atoms with Crippen molar-refractivity contribution in [2.45, 2.75) is 31.1 Å². The third kappa shape index (κ3) is 4.93. The van der Waals surface area contributed by atoms with E-state index >= 15 is 0 Å². The Morgan fingerprint density at radius 1 is 1.15 bits per heavy atom. The molecule has 3 rings (SSSR count). The number of rotatable bonds is 5. The fourth-order valence-corrected chi connectivity index (χ4v) is 4.82. The van der Waals surface area contributed by atoms with Crippen LogP contribution in [-0.2, 0) is 21.2 Å². The summed E-state index contributed by atoms with van der Waals surface area (Å²) in [6.07, 6.45) is 2.04. The zero-order chi connectivity index (χ0) is 19.4. The number of hydrogen-bond acceptors (Lipinski definition) is 3. The Balaban J connectivity index is 1.64. The second kappa shape index (κ2) is 8.19. The third-order valence-electron chi connectivity index (χ3n) is 4.67. The van der Waals surface area contributed by atoms with Gasteiger partial charge in [-0.2, -0.15) is 4.31 Å². The van der Waals surface area contributed by atoms with Crippen LogP contribution < -0.4 is 5.32 Å². The number of piperidine rings is 1. The molecule has 0 spiro atoms. The first-order valence-corrected chi connectivity index (χ1v) is 10.4. The largest absolute Gasteiger partial charge is 0.326 e. The van der Waals surface area contributed by atoms with Gasteiger partial charge in [-0.15, -0.1) is 0 Å². The van der Waals surface area contributed by atoms with Crippen molar-refractivity contribution < 1.29 is 17.6 Å². The molecule has 1 fully saturated rings. The Kier molecular flexibility index (Phi) is 5.92. The van der Waals surface area contributed by atoms with Gasteiger partial charge in [-0.3, -0.25) is 4.79 Å². The van der Waals surface area contributed by atoms with E-state index in [1.165, 1.54) is 28.6 Å². The van der Waals surface area contributed by atoms with E-state index in [1.807, 2.05) is 0 Å². The number of nitrogens with one attached hydrogen (secondary N) is 1. The van der Waals surface area contributed by atoms with Crippen LogP contribution in [0.5, 0.6) is 0 Å². The minimum Gasteiger partial charge on any atom is -0.326 e. The number of anilines is 1. The lowest BCUT2D eigenvalue weighted by atomic mass is 10.0. The number of amides is 1. The van der Waals surface area contributed by atoms with E-state index in [1.54, 1.807) is 24.3 Å². The van der Waals surface area contributed by atoms with Gasteiger partial charge >= 0.3 is 0 Å². The number of nitrogens with zero attached hydrogens (tertiary/aromatic N) is 1. The number of benzene rings is 2. The van der Waals surface area contributed by atoms with Crippen LogP contribution in [0.25, 0.3) is 0 Å². The highest BCUT2D eigenvalue weighted by atomic mass is 32.2. The van der Waals surface area contributed by atoms with Crippen molar-refractivity contribution in [3.63, 3.8) is 0 Å². The molecule has 0 saturated carbocycles. The molecule has 1 aliphatic rings. The first-order chi connectivity index (χ1) is 12.8. The summed E-state index contributed by atoms with van der Waals surface area (Å²) >= 11 is 0. The maximum atomic E-state index is 12.9. The quantitative estimate of drug-likeness (QED) is 0.851. The molecule has 0 radical (unpaired) electrons. The molecule has 7 heteroatoms. The highest BCUT2D eigenvalue weighted by Gasteiger charge is 2.28. The Morgan fingerprint density at radius 3 is 2.44 bits per heavy atom. The van der Waals surface area contributed by atoms with Crippen molar-refractivity contribution in [3.8, 4) is 0 Å². The number of carbonyl (C=O) groups is 1. The molecule has 0 unspecified atom stereocenters. The normalized spacial score (nSPS) is 18.2. The molecule has 2 aromatic carbocycles. The number of hydrogen-bond donors (Lipinski definition) is 1. The van der Waals surface area contributed by atoms with Crippen LogP contribution in [0.15, 0.2) is 53.4 Å². The van der Waals surface area contributed by atoms with Gasteiger partial charge in [0.05, 0.1) is 11.3 Å². The van der Waals surface area contributed by atoms with Crippen LogP contribution in [0.4, 0.5) is 10.1 Å². The van der Waals surface area contributed by atoms with E-state index in [9.17, 15) is 17.6 Å². The van der Waals surface area contributed by atoms with Gasteiger partial charge in [0.1, 0.15) is 5.82 Å².